The summed E-state index contributed by atoms with van der Waals surface area (Å²) in [4.78, 5) is 23.9. The van der Waals surface area contributed by atoms with Crippen LogP contribution in [0.5, 0.6) is 0 Å². The van der Waals surface area contributed by atoms with Crippen LogP contribution in [0, 0.1) is 5.41 Å². The molecule has 0 fully saturated rings. The van der Waals surface area contributed by atoms with Gasteiger partial charge in [-0.3, -0.25) is 9.35 Å². The van der Waals surface area contributed by atoms with Gasteiger partial charge in [0.2, 0.25) is 5.91 Å². The van der Waals surface area contributed by atoms with Crippen molar-refractivity contribution in [3.8, 4) is 0 Å². The summed E-state index contributed by atoms with van der Waals surface area (Å²) < 4.78 is 37.1. The van der Waals surface area contributed by atoms with Crippen LogP contribution in [0.15, 0.2) is 48.6 Å². The number of rotatable bonds is 10. The molecule has 3 N–H and O–H groups in total. The Balaban J connectivity index is 1.80. The molecule has 1 aromatic rings. The predicted molar refractivity (Wildman–Crippen MR) is 132 cm³/mol. The van der Waals surface area contributed by atoms with E-state index in [2.05, 4.69) is 10.6 Å². The second-order valence-corrected chi connectivity index (χ2v) is 11.4. The number of amides is 2. The fourth-order valence-corrected chi connectivity index (χ4v) is 4.16. The first-order valence-corrected chi connectivity index (χ1v) is 12.9. The Morgan fingerprint density at radius 1 is 1.06 bits per heavy atom. The van der Waals surface area contributed by atoms with E-state index in [0.717, 1.165) is 11.1 Å². The second-order valence-electron chi connectivity index (χ2n) is 9.78. The summed E-state index contributed by atoms with van der Waals surface area (Å²) in [6.07, 6.45) is 8.31. The lowest BCUT2D eigenvalue weighted by Crippen LogP contribution is -2.34. The van der Waals surface area contributed by atoms with Crippen molar-refractivity contribution in [1.82, 2.24) is 10.6 Å². The molecular formula is C25H36N2O6S. The molecule has 0 atom stereocenters. The van der Waals surface area contributed by atoms with Crippen LogP contribution in [-0.2, 0) is 32.5 Å². The number of carbonyl (C=O) groups excluding carboxylic acids is 2. The average molecular weight is 493 g/mol. The Labute approximate surface area is 202 Å². The third-order valence-corrected chi connectivity index (χ3v) is 6.33. The molecule has 2 amide bonds. The molecule has 0 heterocycles. The number of allylic oxidation sites excluding steroid dienone is 2. The number of nitrogens with one attached hydrogen (secondary N) is 2. The molecule has 0 unspecified atom stereocenters. The first-order valence-electron chi connectivity index (χ1n) is 11.4. The second kappa shape index (κ2) is 11.7. The largest absolute Gasteiger partial charge is 0.444 e. The van der Waals surface area contributed by atoms with E-state index in [1.165, 1.54) is 12.2 Å². The van der Waals surface area contributed by atoms with Crippen molar-refractivity contribution in [3.63, 3.8) is 0 Å². The molecule has 1 aromatic carbocycles. The van der Waals surface area contributed by atoms with Gasteiger partial charge in [-0.2, -0.15) is 8.42 Å². The van der Waals surface area contributed by atoms with E-state index in [-0.39, 0.29) is 11.3 Å². The Kier molecular flexibility index (Phi) is 9.46. The van der Waals surface area contributed by atoms with Gasteiger partial charge in [0.15, 0.2) is 0 Å². The lowest BCUT2D eigenvalue weighted by atomic mass is 9.79. The van der Waals surface area contributed by atoms with E-state index in [1.807, 2.05) is 31.2 Å². The average Bonchev–Trinajstić information content (AvgIpc) is 2.71. The summed E-state index contributed by atoms with van der Waals surface area (Å²) in [5.74, 6) is -0.0632. The molecule has 188 valence electrons. The van der Waals surface area contributed by atoms with Gasteiger partial charge in [0.05, 0.1) is 0 Å². The number of hydrogen-bond donors (Lipinski definition) is 3. The zero-order valence-corrected chi connectivity index (χ0v) is 21.2. The van der Waals surface area contributed by atoms with Crippen molar-refractivity contribution in [2.75, 3.05) is 13.1 Å². The van der Waals surface area contributed by atoms with Gasteiger partial charge in [0.1, 0.15) is 10.9 Å². The Morgan fingerprint density at radius 2 is 1.65 bits per heavy atom. The van der Waals surface area contributed by atoms with Crippen molar-refractivity contribution >= 4 is 22.1 Å². The molecule has 0 saturated carbocycles. The van der Waals surface area contributed by atoms with Gasteiger partial charge in [-0.25, -0.2) is 4.79 Å². The van der Waals surface area contributed by atoms with Crippen LogP contribution < -0.4 is 10.6 Å². The van der Waals surface area contributed by atoms with Gasteiger partial charge >= 0.3 is 6.09 Å². The molecule has 0 radical (unpaired) electrons. The van der Waals surface area contributed by atoms with Crippen LogP contribution in [0.1, 0.15) is 51.7 Å². The van der Waals surface area contributed by atoms with Crippen molar-refractivity contribution in [3.05, 3.63) is 59.7 Å². The number of ether oxygens (including phenoxy) is 1. The summed E-state index contributed by atoms with van der Waals surface area (Å²) in [5.41, 5.74) is 1.21. The number of benzene rings is 1. The first-order chi connectivity index (χ1) is 15.8. The molecule has 2 rings (SSSR count). The SMILES string of the molecule is CC1(Cc2ccccc2CCC(=O)NCCCNC(=O)OC(C)(C)C)C=CC(S(=O)(=O)O)C=C1. The minimum atomic E-state index is -4.14. The van der Waals surface area contributed by atoms with Crippen LogP contribution in [0.25, 0.3) is 0 Å². The summed E-state index contributed by atoms with van der Waals surface area (Å²) in [6, 6.07) is 7.88. The van der Waals surface area contributed by atoms with Crippen LogP contribution in [0.4, 0.5) is 4.79 Å². The lowest BCUT2D eigenvalue weighted by Gasteiger charge is -2.27. The minimum Gasteiger partial charge on any atom is -0.444 e. The third-order valence-electron chi connectivity index (χ3n) is 5.33. The van der Waals surface area contributed by atoms with Crippen molar-refractivity contribution in [1.29, 1.82) is 0 Å². The molecule has 0 aliphatic heterocycles. The summed E-state index contributed by atoms with van der Waals surface area (Å²) in [7, 11) is -4.14. The zero-order valence-electron chi connectivity index (χ0n) is 20.3. The molecule has 0 aromatic heterocycles. The van der Waals surface area contributed by atoms with E-state index >= 15 is 0 Å². The highest BCUT2D eigenvalue weighted by atomic mass is 32.2. The number of carbonyl (C=O) groups is 2. The highest BCUT2D eigenvalue weighted by Crippen LogP contribution is 2.32. The van der Waals surface area contributed by atoms with Gasteiger partial charge in [-0.1, -0.05) is 55.5 Å². The Morgan fingerprint density at radius 3 is 2.24 bits per heavy atom. The van der Waals surface area contributed by atoms with Crippen LogP contribution >= 0.6 is 0 Å². The smallest absolute Gasteiger partial charge is 0.407 e. The highest BCUT2D eigenvalue weighted by molar-refractivity contribution is 7.86. The normalized spacial score (nSPS) is 20.1. The zero-order chi connectivity index (χ0) is 25.4. The number of alkyl carbamates (subject to hydrolysis) is 1. The molecular weight excluding hydrogens is 456 g/mol. The number of aryl methyl sites for hydroxylation is 1. The molecule has 1 aliphatic carbocycles. The van der Waals surface area contributed by atoms with Gasteiger partial charge in [0, 0.05) is 24.9 Å². The maximum Gasteiger partial charge on any atom is 0.407 e. The van der Waals surface area contributed by atoms with Gasteiger partial charge in [-0.15, -0.1) is 0 Å². The van der Waals surface area contributed by atoms with Crippen molar-refractivity contribution < 1.29 is 27.3 Å². The van der Waals surface area contributed by atoms with E-state index in [4.69, 9.17) is 4.74 Å². The summed E-state index contributed by atoms with van der Waals surface area (Å²) in [6.45, 7) is 8.26. The summed E-state index contributed by atoms with van der Waals surface area (Å²) in [5, 5.41) is 4.51. The first kappa shape index (κ1) is 27.6. The fraction of sp³-hybridized carbons (Fsp3) is 0.520. The van der Waals surface area contributed by atoms with Crippen molar-refractivity contribution in [2.24, 2.45) is 5.41 Å². The Hall–Kier alpha value is -2.65. The molecule has 9 heteroatoms. The molecule has 34 heavy (non-hydrogen) atoms. The van der Waals surface area contributed by atoms with Crippen LogP contribution in [0.2, 0.25) is 0 Å². The van der Waals surface area contributed by atoms with E-state index < -0.39 is 27.1 Å². The lowest BCUT2D eigenvalue weighted by molar-refractivity contribution is -0.121. The fourth-order valence-electron chi connectivity index (χ4n) is 3.61. The number of hydrogen-bond acceptors (Lipinski definition) is 5. The molecule has 1 aliphatic rings. The van der Waals surface area contributed by atoms with Crippen LogP contribution in [0.3, 0.4) is 0 Å². The summed E-state index contributed by atoms with van der Waals surface area (Å²) >= 11 is 0. The highest BCUT2D eigenvalue weighted by Gasteiger charge is 2.27. The minimum absolute atomic E-state index is 0.0632. The van der Waals surface area contributed by atoms with E-state index in [1.54, 1.807) is 32.9 Å². The van der Waals surface area contributed by atoms with E-state index in [9.17, 15) is 22.6 Å². The van der Waals surface area contributed by atoms with Crippen LogP contribution in [-0.4, -0.2) is 48.9 Å². The van der Waals surface area contributed by atoms with Crippen molar-refractivity contribution in [2.45, 2.75) is 64.2 Å². The Bertz CT molecular complexity index is 1010. The maximum atomic E-state index is 12.3. The maximum absolute atomic E-state index is 12.3. The van der Waals surface area contributed by atoms with Gasteiger partial charge < -0.3 is 15.4 Å². The topological polar surface area (TPSA) is 122 Å². The molecule has 0 spiro atoms. The van der Waals surface area contributed by atoms with E-state index in [0.29, 0.717) is 38.8 Å². The quantitative estimate of drug-likeness (QED) is 0.261. The third kappa shape index (κ3) is 9.69. The molecule has 8 nitrogen and oxygen atoms in total. The standard InChI is InChI=1S/C25H36N2O6S/c1-24(2,3)33-23(29)27-17-7-16-26-22(28)11-10-19-8-5-6-9-20(19)18-25(4)14-12-21(13-15-25)34(30,31)32/h5-6,8-9,12-15,21H,7,10-11,16-18H2,1-4H3,(H,26,28)(H,27,29)(H,30,31,32). The van der Waals surface area contributed by atoms with Gasteiger partial charge in [0.25, 0.3) is 10.1 Å². The molecule has 0 bridgehead atoms. The predicted octanol–water partition coefficient (Wildman–Crippen LogP) is 3.58. The van der Waals surface area contributed by atoms with Gasteiger partial charge in [-0.05, 0) is 51.2 Å². The molecule has 0 saturated heterocycles. The monoisotopic (exact) mass is 492 g/mol.